The first-order valence-electron chi connectivity index (χ1n) is 5.01. The van der Waals surface area contributed by atoms with E-state index in [0.29, 0.717) is 6.42 Å². The number of hydrogen-bond acceptors (Lipinski definition) is 4. The minimum atomic E-state index is -1.16. The fourth-order valence-corrected chi connectivity index (χ4v) is 0.812. The van der Waals surface area contributed by atoms with Crippen molar-refractivity contribution in [2.24, 2.45) is 0 Å². The Balaban J connectivity index is 3.91. The summed E-state index contributed by atoms with van der Waals surface area (Å²) >= 11 is 0. The molecule has 0 rings (SSSR count). The van der Waals surface area contributed by atoms with Crippen LogP contribution in [0.5, 0.6) is 0 Å². The summed E-state index contributed by atoms with van der Waals surface area (Å²) in [5, 5.41) is 8.29. The Morgan fingerprint density at radius 3 is 2.31 bits per heavy atom. The molecule has 0 heterocycles. The van der Waals surface area contributed by atoms with Crippen LogP contribution in [0.2, 0.25) is 0 Å². The number of carbonyl (C=O) groups is 2. The standard InChI is InChI=1S/C11H19NO4/c1-11(2,12(3)4)7-8-16-10(15)6-5-9(13)14/h5-6H,7-8H2,1-4H3,(H,13,14)/b6-5+. The fourth-order valence-electron chi connectivity index (χ4n) is 0.812. The molecule has 1 N–H and O–H groups in total. The summed E-state index contributed by atoms with van der Waals surface area (Å²) in [6.45, 7) is 4.34. The van der Waals surface area contributed by atoms with E-state index in [1.165, 1.54) is 0 Å². The molecule has 0 aromatic carbocycles. The van der Waals surface area contributed by atoms with Crippen molar-refractivity contribution in [1.29, 1.82) is 0 Å². The second kappa shape index (κ2) is 6.27. The van der Waals surface area contributed by atoms with Crippen LogP contribution < -0.4 is 0 Å². The van der Waals surface area contributed by atoms with Crippen molar-refractivity contribution >= 4 is 11.9 Å². The van der Waals surface area contributed by atoms with Gasteiger partial charge in [0.2, 0.25) is 0 Å². The molecule has 0 spiro atoms. The first kappa shape index (κ1) is 14.6. The van der Waals surface area contributed by atoms with Gasteiger partial charge in [-0.3, -0.25) is 0 Å². The van der Waals surface area contributed by atoms with Crippen molar-refractivity contribution < 1.29 is 19.4 Å². The largest absolute Gasteiger partial charge is 0.478 e. The predicted molar refractivity (Wildman–Crippen MR) is 60.1 cm³/mol. The fraction of sp³-hybridized carbons (Fsp3) is 0.636. The number of aliphatic carboxylic acids is 1. The van der Waals surface area contributed by atoms with Gasteiger partial charge in [-0.15, -0.1) is 0 Å². The van der Waals surface area contributed by atoms with Gasteiger partial charge in [0.25, 0.3) is 0 Å². The third-order valence-corrected chi connectivity index (χ3v) is 2.53. The molecule has 0 radical (unpaired) electrons. The number of hydrogen-bond donors (Lipinski definition) is 1. The lowest BCUT2D eigenvalue weighted by atomic mass is 10.0. The summed E-state index contributed by atoms with van der Waals surface area (Å²) in [6, 6.07) is 0. The highest BCUT2D eigenvalue weighted by Gasteiger charge is 2.20. The molecule has 0 fully saturated rings. The lowest BCUT2D eigenvalue weighted by Crippen LogP contribution is -2.39. The molecule has 0 bridgehead atoms. The SMILES string of the molecule is CN(C)C(C)(C)CCOC(=O)/C=C/C(=O)O. The molecule has 5 heteroatoms. The van der Waals surface area contributed by atoms with E-state index < -0.39 is 11.9 Å². The highest BCUT2D eigenvalue weighted by atomic mass is 16.5. The van der Waals surface area contributed by atoms with Crippen molar-refractivity contribution in [3.05, 3.63) is 12.2 Å². The molecule has 0 atom stereocenters. The minimum Gasteiger partial charge on any atom is -0.478 e. The van der Waals surface area contributed by atoms with Crippen LogP contribution in [0.4, 0.5) is 0 Å². The zero-order valence-corrected chi connectivity index (χ0v) is 10.2. The molecule has 0 aromatic rings. The summed E-state index contributed by atoms with van der Waals surface area (Å²) in [6.07, 6.45) is 2.36. The van der Waals surface area contributed by atoms with Crippen LogP contribution >= 0.6 is 0 Å². The van der Waals surface area contributed by atoms with E-state index in [1.807, 2.05) is 32.8 Å². The van der Waals surface area contributed by atoms with Gasteiger partial charge in [0.05, 0.1) is 6.61 Å². The van der Waals surface area contributed by atoms with Gasteiger partial charge in [-0.25, -0.2) is 9.59 Å². The van der Waals surface area contributed by atoms with Gasteiger partial charge < -0.3 is 14.7 Å². The predicted octanol–water partition coefficient (Wildman–Crippen LogP) is 0.901. The van der Waals surface area contributed by atoms with Crippen LogP contribution in [0.3, 0.4) is 0 Å². The third kappa shape index (κ3) is 6.19. The number of nitrogens with zero attached hydrogens (tertiary/aromatic N) is 1. The first-order valence-corrected chi connectivity index (χ1v) is 5.01. The molecule has 0 aromatic heterocycles. The number of rotatable bonds is 6. The highest BCUT2D eigenvalue weighted by molar-refractivity contribution is 5.90. The third-order valence-electron chi connectivity index (χ3n) is 2.53. The topological polar surface area (TPSA) is 66.8 Å². The number of esters is 1. The van der Waals surface area contributed by atoms with E-state index in [-0.39, 0.29) is 12.1 Å². The van der Waals surface area contributed by atoms with E-state index in [4.69, 9.17) is 9.84 Å². The molecule has 0 aliphatic heterocycles. The van der Waals surface area contributed by atoms with Gasteiger partial charge in [-0.1, -0.05) is 0 Å². The van der Waals surface area contributed by atoms with Gasteiger partial charge >= 0.3 is 11.9 Å². The number of carboxylic acids is 1. The molecular weight excluding hydrogens is 210 g/mol. The second-order valence-electron chi connectivity index (χ2n) is 4.30. The van der Waals surface area contributed by atoms with E-state index in [1.54, 1.807) is 0 Å². The summed E-state index contributed by atoms with van der Waals surface area (Å²) in [4.78, 5) is 23.2. The number of carboxylic acid groups (broad SMARTS) is 1. The summed E-state index contributed by atoms with van der Waals surface area (Å²) in [7, 11) is 3.90. The Hall–Kier alpha value is -1.36. The average Bonchev–Trinajstić information content (AvgIpc) is 2.14. The molecule has 0 saturated carbocycles. The zero-order chi connectivity index (χ0) is 12.8. The molecule has 5 nitrogen and oxygen atoms in total. The van der Waals surface area contributed by atoms with E-state index in [9.17, 15) is 9.59 Å². The quantitative estimate of drug-likeness (QED) is 0.541. The first-order chi connectivity index (χ1) is 7.25. The Morgan fingerprint density at radius 2 is 1.88 bits per heavy atom. The van der Waals surface area contributed by atoms with Gasteiger partial charge in [0, 0.05) is 17.7 Å². The van der Waals surface area contributed by atoms with Crippen LogP contribution in [0, 0.1) is 0 Å². The normalized spacial score (nSPS) is 12.1. The average molecular weight is 229 g/mol. The number of carbonyl (C=O) groups excluding carboxylic acids is 1. The van der Waals surface area contributed by atoms with Crippen molar-refractivity contribution in [1.82, 2.24) is 4.90 Å². The Kier molecular flexibility index (Phi) is 5.74. The van der Waals surface area contributed by atoms with E-state index in [2.05, 4.69) is 0 Å². The van der Waals surface area contributed by atoms with Crippen molar-refractivity contribution in [3.8, 4) is 0 Å². The minimum absolute atomic E-state index is 0.0587. The van der Waals surface area contributed by atoms with Crippen LogP contribution in [-0.2, 0) is 14.3 Å². The van der Waals surface area contributed by atoms with Crippen LogP contribution in [-0.4, -0.2) is 48.2 Å². The maximum absolute atomic E-state index is 11.0. The Morgan fingerprint density at radius 1 is 1.31 bits per heavy atom. The molecule has 0 unspecified atom stereocenters. The van der Waals surface area contributed by atoms with Gasteiger partial charge in [-0.05, 0) is 34.4 Å². The van der Waals surface area contributed by atoms with Gasteiger partial charge in [0.15, 0.2) is 0 Å². The van der Waals surface area contributed by atoms with Crippen molar-refractivity contribution in [2.45, 2.75) is 25.8 Å². The lowest BCUT2D eigenvalue weighted by molar-refractivity contribution is -0.139. The summed E-state index contributed by atoms with van der Waals surface area (Å²) in [5.41, 5.74) is -0.0587. The molecule has 0 aliphatic rings. The van der Waals surface area contributed by atoms with Crippen LogP contribution in [0.15, 0.2) is 12.2 Å². The molecule has 16 heavy (non-hydrogen) atoms. The van der Waals surface area contributed by atoms with Crippen LogP contribution in [0.1, 0.15) is 20.3 Å². The van der Waals surface area contributed by atoms with Crippen molar-refractivity contribution in [2.75, 3.05) is 20.7 Å². The Bertz CT molecular complexity index is 282. The van der Waals surface area contributed by atoms with Gasteiger partial charge in [0.1, 0.15) is 0 Å². The van der Waals surface area contributed by atoms with Crippen LogP contribution in [0.25, 0.3) is 0 Å². The summed E-state index contributed by atoms with van der Waals surface area (Å²) < 4.78 is 4.86. The summed E-state index contributed by atoms with van der Waals surface area (Å²) in [5.74, 6) is -1.79. The molecule has 0 amide bonds. The van der Waals surface area contributed by atoms with E-state index in [0.717, 1.165) is 12.2 Å². The lowest BCUT2D eigenvalue weighted by Gasteiger charge is -2.32. The molecule has 92 valence electrons. The molecule has 0 aliphatic carbocycles. The number of ether oxygens (including phenoxy) is 1. The van der Waals surface area contributed by atoms with E-state index >= 15 is 0 Å². The molecular formula is C11H19NO4. The smallest absolute Gasteiger partial charge is 0.331 e. The zero-order valence-electron chi connectivity index (χ0n) is 10.2. The van der Waals surface area contributed by atoms with Crippen molar-refractivity contribution in [3.63, 3.8) is 0 Å². The molecule has 0 saturated heterocycles. The second-order valence-corrected chi connectivity index (χ2v) is 4.30. The monoisotopic (exact) mass is 229 g/mol. The highest BCUT2D eigenvalue weighted by Crippen LogP contribution is 2.14. The maximum Gasteiger partial charge on any atom is 0.331 e. The Labute approximate surface area is 95.7 Å². The van der Waals surface area contributed by atoms with Gasteiger partial charge in [-0.2, -0.15) is 0 Å². The maximum atomic E-state index is 11.0.